The number of hydrogen-bond acceptors (Lipinski definition) is 1. The van der Waals surface area contributed by atoms with Gasteiger partial charge in [-0.3, -0.25) is 0 Å². The standard InChI is InChI=1S/C9H13NO/c1-8(11)5-6-9-4-3-7-10(9)2/h3-4,7H,5-6H2,1-2H3. The van der Waals surface area contributed by atoms with Crippen LogP contribution in [0.4, 0.5) is 0 Å². The van der Waals surface area contributed by atoms with Crippen LogP contribution in [0.25, 0.3) is 0 Å². The molecule has 0 fully saturated rings. The van der Waals surface area contributed by atoms with E-state index in [1.165, 1.54) is 5.69 Å². The first kappa shape index (κ1) is 8.05. The molecular formula is C9H13NO. The third-order valence-electron chi connectivity index (χ3n) is 1.78. The minimum atomic E-state index is 0.256. The van der Waals surface area contributed by atoms with E-state index in [0.717, 1.165) is 6.42 Å². The number of rotatable bonds is 3. The van der Waals surface area contributed by atoms with Gasteiger partial charge in [0.1, 0.15) is 5.78 Å². The molecule has 0 radical (unpaired) electrons. The Kier molecular flexibility index (Phi) is 2.47. The Labute approximate surface area is 66.8 Å². The van der Waals surface area contributed by atoms with Crippen molar-refractivity contribution in [1.29, 1.82) is 0 Å². The van der Waals surface area contributed by atoms with Gasteiger partial charge in [0.15, 0.2) is 0 Å². The quantitative estimate of drug-likeness (QED) is 0.642. The van der Waals surface area contributed by atoms with E-state index >= 15 is 0 Å². The van der Waals surface area contributed by atoms with Crippen molar-refractivity contribution in [3.05, 3.63) is 24.0 Å². The first-order valence-electron chi connectivity index (χ1n) is 3.80. The Morgan fingerprint density at radius 1 is 1.64 bits per heavy atom. The number of carbonyl (C=O) groups excluding carboxylic acids is 1. The maximum Gasteiger partial charge on any atom is 0.130 e. The summed E-state index contributed by atoms with van der Waals surface area (Å²) in [6.07, 6.45) is 3.51. The summed E-state index contributed by atoms with van der Waals surface area (Å²) in [7, 11) is 2.00. The fourth-order valence-corrected chi connectivity index (χ4v) is 1.06. The zero-order valence-electron chi connectivity index (χ0n) is 7.00. The number of aromatic nitrogens is 1. The van der Waals surface area contributed by atoms with Gasteiger partial charge in [0.25, 0.3) is 0 Å². The summed E-state index contributed by atoms with van der Waals surface area (Å²) in [5.41, 5.74) is 1.22. The van der Waals surface area contributed by atoms with E-state index in [1.807, 2.05) is 29.9 Å². The Hall–Kier alpha value is -1.05. The molecule has 0 aliphatic rings. The number of aryl methyl sites for hydroxylation is 2. The molecule has 0 atom stereocenters. The van der Waals surface area contributed by atoms with Crippen molar-refractivity contribution < 1.29 is 4.79 Å². The van der Waals surface area contributed by atoms with Gasteiger partial charge in [0, 0.05) is 25.4 Å². The molecule has 0 N–H and O–H groups in total. The van der Waals surface area contributed by atoms with Crippen LogP contribution in [-0.2, 0) is 18.3 Å². The van der Waals surface area contributed by atoms with Crippen molar-refractivity contribution in [2.24, 2.45) is 7.05 Å². The fourth-order valence-electron chi connectivity index (χ4n) is 1.06. The van der Waals surface area contributed by atoms with Crippen molar-refractivity contribution in [3.63, 3.8) is 0 Å². The lowest BCUT2D eigenvalue weighted by atomic mass is 10.2. The van der Waals surface area contributed by atoms with Crippen LogP contribution < -0.4 is 0 Å². The molecule has 1 aromatic rings. The largest absolute Gasteiger partial charge is 0.354 e. The van der Waals surface area contributed by atoms with Gasteiger partial charge in [-0.1, -0.05) is 0 Å². The molecule has 2 heteroatoms. The maximum absolute atomic E-state index is 10.6. The van der Waals surface area contributed by atoms with Gasteiger partial charge in [-0.05, 0) is 25.5 Å². The second-order valence-electron chi connectivity index (χ2n) is 2.81. The average molecular weight is 151 g/mol. The van der Waals surface area contributed by atoms with E-state index < -0.39 is 0 Å². The summed E-state index contributed by atoms with van der Waals surface area (Å²) in [4.78, 5) is 10.6. The molecule has 1 heterocycles. The molecule has 0 unspecified atom stereocenters. The Bertz CT molecular complexity index is 250. The van der Waals surface area contributed by atoms with Crippen molar-refractivity contribution in [2.45, 2.75) is 19.8 Å². The zero-order valence-corrected chi connectivity index (χ0v) is 7.00. The lowest BCUT2D eigenvalue weighted by Gasteiger charge is -1.99. The van der Waals surface area contributed by atoms with Gasteiger partial charge in [-0.2, -0.15) is 0 Å². The van der Waals surface area contributed by atoms with E-state index in [-0.39, 0.29) is 5.78 Å². The molecule has 0 aromatic carbocycles. The summed E-state index contributed by atoms with van der Waals surface area (Å²) in [5.74, 6) is 0.256. The molecular weight excluding hydrogens is 138 g/mol. The summed E-state index contributed by atoms with van der Waals surface area (Å²) in [6, 6.07) is 4.04. The Balaban J connectivity index is 2.51. The minimum absolute atomic E-state index is 0.256. The van der Waals surface area contributed by atoms with Crippen LogP contribution in [0.2, 0.25) is 0 Å². The molecule has 0 bridgehead atoms. The normalized spacial score (nSPS) is 10.0. The topological polar surface area (TPSA) is 22.0 Å². The average Bonchev–Trinajstić information content (AvgIpc) is 2.31. The van der Waals surface area contributed by atoms with Gasteiger partial charge < -0.3 is 9.36 Å². The van der Waals surface area contributed by atoms with Gasteiger partial charge in [0.05, 0.1) is 0 Å². The second-order valence-corrected chi connectivity index (χ2v) is 2.81. The van der Waals surface area contributed by atoms with Crippen LogP contribution >= 0.6 is 0 Å². The van der Waals surface area contributed by atoms with E-state index in [4.69, 9.17) is 0 Å². The van der Waals surface area contributed by atoms with Crippen LogP contribution in [0.1, 0.15) is 19.0 Å². The van der Waals surface area contributed by atoms with Gasteiger partial charge in [-0.25, -0.2) is 0 Å². The van der Waals surface area contributed by atoms with Gasteiger partial charge >= 0.3 is 0 Å². The van der Waals surface area contributed by atoms with E-state index in [9.17, 15) is 4.79 Å². The summed E-state index contributed by atoms with van der Waals surface area (Å²) < 4.78 is 2.04. The SMILES string of the molecule is CC(=O)CCc1cccn1C. The maximum atomic E-state index is 10.6. The van der Waals surface area contributed by atoms with E-state index in [0.29, 0.717) is 6.42 Å². The van der Waals surface area contributed by atoms with Crippen LogP contribution in [0.3, 0.4) is 0 Å². The molecule has 1 aromatic heterocycles. The molecule has 1 rings (SSSR count). The van der Waals surface area contributed by atoms with Crippen molar-refractivity contribution in [3.8, 4) is 0 Å². The van der Waals surface area contributed by atoms with Crippen LogP contribution in [0, 0.1) is 0 Å². The lowest BCUT2D eigenvalue weighted by Crippen LogP contribution is -1.98. The highest BCUT2D eigenvalue weighted by Gasteiger charge is 1.98. The number of ketones is 1. The fraction of sp³-hybridized carbons (Fsp3) is 0.444. The molecule has 0 aliphatic heterocycles. The van der Waals surface area contributed by atoms with Gasteiger partial charge in [-0.15, -0.1) is 0 Å². The number of Topliss-reactive ketones (excluding diaryl/α,β-unsaturated/α-hetero) is 1. The summed E-state index contributed by atoms with van der Waals surface area (Å²) in [5, 5.41) is 0. The van der Waals surface area contributed by atoms with Crippen molar-refractivity contribution in [2.75, 3.05) is 0 Å². The number of nitrogens with zero attached hydrogens (tertiary/aromatic N) is 1. The molecule has 0 saturated heterocycles. The molecule has 0 saturated carbocycles. The molecule has 2 nitrogen and oxygen atoms in total. The molecule has 0 spiro atoms. The van der Waals surface area contributed by atoms with E-state index in [2.05, 4.69) is 0 Å². The zero-order chi connectivity index (χ0) is 8.27. The number of carbonyl (C=O) groups is 1. The summed E-state index contributed by atoms with van der Waals surface area (Å²) >= 11 is 0. The van der Waals surface area contributed by atoms with Crippen molar-refractivity contribution in [1.82, 2.24) is 4.57 Å². The monoisotopic (exact) mass is 151 g/mol. The third kappa shape index (κ3) is 2.22. The molecule has 11 heavy (non-hydrogen) atoms. The third-order valence-corrected chi connectivity index (χ3v) is 1.78. The second kappa shape index (κ2) is 3.37. The summed E-state index contributed by atoms with van der Waals surface area (Å²) in [6.45, 7) is 1.63. The smallest absolute Gasteiger partial charge is 0.130 e. The highest BCUT2D eigenvalue weighted by Crippen LogP contribution is 2.02. The predicted octanol–water partition coefficient (Wildman–Crippen LogP) is 1.55. The Morgan fingerprint density at radius 3 is 2.82 bits per heavy atom. The lowest BCUT2D eigenvalue weighted by molar-refractivity contribution is -0.117. The number of hydrogen-bond donors (Lipinski definition) is 0. The molecule has 0 aliphatic carbocycles. The molecule has 0 amide bonds. The highest BCUT2D eigenvalue weighted by molar-refractivity contribution is 5.75. The van der Waals surface area contributed by atoms with Crippen LogP contribution in [0.5, 0.6) is 0 Å². The van der Waals surface area contributed by atoms with Crippen molar-refractivity contribution >= 4 is 5.78 Å². The van der Waals surface area contributed by atoms with Gasteiger partial charge in [0.2, 0.25) is 0 Å². The molecule has 60 valence electrons. The van der Waals surface area contributed by atoms with Crippen LogP contribution in [0.15, 0.2) is 18.3 Å². The highest BCUT2D eigenvalue weighted by atomic mass is 16.1. The predicted molar refractivity (Wildman–Crippen MR) is 44.4 cm³/mol. The first-order chi connectivity index (χ1) is 5.20. The minimum Gasteiger partial charge on any atom is -0.354 e. The van der Waals surface area contributed by atoms with E-state index in [1.54, 1.807) is 6.92 Å². The van der Waals surface area contributed by atoms with Crippen LogP contribution in [-0.4, -0.2) is 10.4 Å². The Morgan fingerprint density at radius 2 is 2.36 bits per heavy atom. The first-order valence-corrected chi connectivity index (χ1v) is 3.80.